The molecule has 0 radical (unpaired) electrons. The molecule has 2 N–H and O–H groups in total. The van der Waals surface area contributed by atoms with Gasteiger partial charge in [0, 0.05) is 77.7 Å². The third kappa shape index (κ3) is 6.55. The molecule has 3 aromatic rings. The van der Waals surface area contributed by atoms with Crippen molar-refractivity contribution in [3.8, 4) is 0 Å². The number of thiazole rings is 1. The fraction of sp³-hybridized carbons (Fsp3) is 0.323. The maximum Gasteiger partial charge on any atom is 0.338 e. The van der Waals surface area contributed by atoms with Gasteiger partial charge < -0.3 is 20.1 Å². The number of esters is 1. The highest BCUT2D eigenvalue weighted by atomic mass is 35.5. The van der Waals surface area contributed by atoms with Crippen molar-refractivity contribution in [2.75, 3.05) is 44.7 Å². The summed E-state index contributed by atoms with van der Waals surface area (Å²) < 4.78 is 5.24. The Morgan fingerprint density at radius 3 is 2.62 bits per heavy atom. The van der Waals surface area contributed by atoms with Gasteiger partial charge in [-0.25, -0.2) is 14.6 Å². The Kier molecular flexibility index (Phi) is 9.09. The number of hydrogen-bond acceptors (Lipinski definition) is 9. The number of nitrogens with one attached hydrogen (secondary N) is 1. The van der Waals surface area contributed by atoms with E-state index in [1.165, 1.54) is 18.4 Å². The van der Waals surface area contributed by atoms with Gasteiger partial charge in [-0.15, -0.1) is 11.3 Å². The zero-order valence-electron chi connectivity index (χ0n) is 24.3. The molecule has 1 aromatic heterocycles. The standard InChI is InChI=1S/C31H30Cl2N6O5S/c1-44-30(42)26-24(35-28(29-34-10-13-45-29)36-27(26)22-8-5-19(32)14-23(22)33)17-37-11-12-38-21(15-37)16-39(31(38)43)20-6-2-18(3-7-20)4-9-25(40)41/h2-3,5-8,10,13-14,21,27H,4,9,11-12,15-17H2,1H3,(H,35,36)(H,40,41). The van der Waals surface area contributed by atoms with E-state index < -0.39 is 18.0 Å². The molecule has 2 amide bonds. The van der Waals surface area contributed by atoms with Crippen molar-refractivity contribution in [1.82, 2.24) is 20.1 Å². The summed E-state index contributed by atoms with van der Waals surface area (Å²) in [4.78, 5) is 52.8. The van der Waals surface area contributed by atoms with Crippen LogP contribution < -0.4 is 10.2 Å². The van der Waals surface area contributed by atoms with Crippen molar-refractivity contribution in [3.05, 3.63) is 91.5 Å². The zero-order chi connectivity index (χ0) is 31.7. The number of aliphatic carboxylic acids is 1. The number of amides is 2. The molecule has 2 aromatic carbocycles. The number of carbonyl (C=O) groups is 3. The van der Waals surface area contributed by atoms with Gasteiger partial charge in [0.2, 0.25) is 0 Å². The average Bonchev–Trinajstić information content (AvgIpc) is 3.68. The van der Waals surface area contributed by atoms with Crippen LogP contribution in [0.4, 0.5) is 10.5 Å². The van der Waals surface area contributed by atoms with Crippen LogP contribution in [0.5, 0.6) is 0 Å². The van der Waals surface area contributed by atoms with E-state index in [9.17, 15) is 14.4 Å². The van der Waals surface area contributed by atoms with E-state index in [4.69, 9.17) is 38.0 Å². The highest BCUT2D eigenvalue weighted by Gasteiger charge is 2.42. The third-order valence-electron chi connectivity index (χ3n) is 8.12. The molecule has 4 heterocycles. The van der Waals surface area contributed by atoms with Crippen LogP contribution in [0.15, 0.2) is 70.3 Å². The van der Waals surface area contributed by atoms with E-state index >= 15 is 0 Å². The van der Waals surface area contributed by atoms with Gasteiger partial charge in [-0.3, -0.25) is 19.6 Å². The maximum absolute atomic E-state index is 13.4. The minimum atomic E-state index is -0.843. The van der Waals surface area contributed by atoms with Gasteiger partial charge in [0.25, 0.3) is 0 Å². The molecule has 11 nitrogen and oxygen atoms in total. The number of aromatic nitrogens is 1. The lowest BCUT2D eigenvalue weighted by Crippen LogP contribution is -2.53. The number of rotatable bonds is 9. The van der Waals surface area contributed by atoms with E-state index in [1.807, 2.05) is 34.5 Å². The Balaban J connectivity index is 1.24. The number of methoxy groups -OCH3 is 1. The average molecular weight is 670 g/mol. The van der Waals surface area contributed by atoms with Gasteiger partial charge in [0.15, 0.2) is 10.8 Å². The lowest BCUT2D eigenvalue weighted by molar-refractivity contribution is -0.137. The topological polar surface area (TPSA) is 128 Å². The quantitative estimate of drug-likeness (QED) is 0.317. The summed E-state index contributed by atoms with van der Waals surface area (Å²) in [6, 6.07) is 11.7. The molecule has 2 unspecified atom stereocenters. The lowest BCUT2D eigenvalue weighted by Gasteiger charge is -2.38. The summed E-state index contributed by atoms with van der Waals surface area (Å²) >= 11 is 14.2. The van der Waals surface area contributed by atoms with Crippen LogP contribution in [0.1, 0.15) is 28.6 Å². The van der Waals surface area contributed by atoms with Crippen LogP contribution in [-0.2, 0) is 20.7 Å². The first-order valence-electron chi connectivity index (χ1n) is 14.3. The van der Waals surface area contributed by atoms with Crippen molar-refractivity contribution in [2.45, 2.75) is 24.9 Å². The van der Waals surface area contributed by atoms with E-state index in [0.29, 0.717) is 76.9 Å². The number of carboxylic acid groups (broad SMARTS) is 1. The molecule has 6 rings (SSSR count). The van der Waals surface area contributed by atoms with Gasteiger partial charge in [0.05, 0.1) is 18.7 Å². The number of amidine groups is 1. The minimum Gasteiger partial charge on any atom is -0.481 e. The Labute approximate surface area is 273 Å². The highest BCUT2D eigenvalue weighted by molar-refractivity contribution is 7.11. The molecule has 234 valence electrons. The van der Waals surface area contributed by atoms with Gasteiger partial charge in [-0.2, -0.15) is 0 Å². The number of ether oxygens (including phenoxy) is 1. The van der Waals surface area contributed by atoms with Gasteiger partial charge >= 0.3 is 18.0 Å². The number of carboxylic acids is 1. The molecule has 0 aliphatic carbocycles. The minimum absolute atomic E-state index is 0.0566. The van der Waals surface area contributed by atoms with Crippen LogP contribution in [0, 0.1) is 0 Å². The summed E-state index contributed by atoms with van der Waals surface area (Å²) in [5.41, 5.74) is 3.27. The number of anilines is 1. The smallest absolute Gasteiger partial charge is 0.338 e. The monoisotopic (exact) mass is 668 g/mol. The largest absolute Gasteiger partial charge is 0.481 e. The maximum atomic E-state index is 13.4. The predicted molar refractivity (Wildman–Crippen MR) is 172 cm³/mol. The number of carbonyl (C=O) groups excluding carboxylic acids is 2. The third-order valence-corrected chi connectivity index (χ3v) is 9.46. The van der Waals surface area contributed by atoms with Gasteiger partial charge in [-0.05, 0) is 36.2 Å². The van der Waals surface area contributed by atoms with Crippen LogP contribution in [0.2, 0.25) is 10.0 Å². The molecule has 3 aliphatic rings. The summed E-state index contributed by atoms with van der Waals surface area (Å²) in [5, 5.41) is 15.7. The molecular formula is C31H30Cl2N6O5S. The summed E-state index contributed by atoms with van der Waals surface area (Å²) in [6.45, 7) is 2.61. The second-order valence-electron chi connectivity index (χ2n) is 10.9. The summed E-state index contributed by atoms with van der Waals surface area (Å²) in [5.74, 6) is -0.844. The Morgan fingerprint density at radius 2 is 1.93 bits per heavy atom. The SMILES string of the molecule is COC(=O)C1=C(CN2CCN3C(=O)N(c4ccc(CCC(=O)O)cc4)CC3C2)NC(c2nccs2)=NC1c1ccc(Cl)cc1Cl. The van der Waals surface area contributed by atoms with Crippen LogP contribution in [0.25, 0.3) is 0 Å². The van der Waals surface area contributed by atoms with Gasteiger partial charge in [-0.1, -0.05) is 41.4 Å². The molecule has 2 atom stereocenters. The first-order valence-corrected chi connectivity index (χ1v) is 16.0. The molecule has 3 aliphatic heterocycles. The predicted octanol–water partition coefficient (Wildman–Crippen LogP) is 4.61. The fourth-order valence-electron chi connectivity index (χ4n) is 5.92. The number of fused-ring (bicyclic) bond motifs is 1. The molecular weight excluding hydrogens is 639 g/mol. The summed E-state index contributed by atoms with van der Waals surface area (Å²) in [7, 11) is 1.34. The second-order valence-corrected chi connectivity index (χ2v) is 12.7. The van der Waals surface area contributed by atoms with Crippen molar-refractivity contribution in [2.24, 2.45) is 4.99 Å². The Bertz CT molecular complexity index is 1680. The number of nitrogens with zero attached hydrogens (tertiary/aromatic N) is 5. The number of urea groups is 1. The number of halogens is 2. The normalized spacial score (nSPS) is 20.2. The van der Waals surface area contributed by atoms with Crippen molar-refractivity contribution >= 4 is 64.0 Å². The first kappa shape index (κ1) is 31.0. The van der Waals surface area contributed by atoms with Crippen molar-refractivity contribution in [3.63, 3.8) is 0 Å². The number of aryl methyl sites for hydroxylation is 1. The van der Waals surface area contributed by atoms with E-state index in [1.54, 1.807) is 29.3 Å². The number of piperazine rings is 1. The zero-order valence-corrected chi connectivity index (χ0v) is 26.6. The summed E-state index contributed by atoms with van der Waals surface area (Å²) in [6.07, 6.45) is 2.19. The molecule has 2 saturated heterocycles. The van der Waals surface area contributed by atoms with Crippen LogP contribution >= 0.6 is 34.5 Å². The number of hydrogen-bond donors (Lipinski definition) is 2. The van der Waals surface area contributed by atoms with Crippen molar-refractivity contribution in [1.29, 1.82) is 0 Å². The number of aliphatic imine (C=N–C) groups is 1. The van der Waals surface area contributed by atoms with Crippen molar-refractivity contribution < 1.29 is 24.2 Å². The Hall–Kier alpha value is -3.97. The van der Waals surface area contributed by atoms with E-state index in [0.717, 1.165) is 11.3 Å². The molecule has 45 heavy (non-hydrogen) atoms. The second kappa shape index (κ2) is 13.2. The van der Waals surface area contributed by atoms with Crippen LogP contribution in [0.3, 0.4) is 0 Å². The molecule has 0 spiro atoms. The lowest BCUT2D eigenvalue weighted by atomic mass is 9.95. The number of benzene rings is 2. The van der Waals surface area contributed by atoms with E-state index in [-0.39, 0.29) is 18.5 Å². The van der Waals surface area contributed by atoms with Gasteiger partial charge in [0.1, 0.15) is 6.04 Å². The molecule has 14 heteroatoms. The van der Waals surface area contributed by atoms with Crippen LogP contribution in [-0.4, -0.2) is 89.6 Å². The molecule has 0 saturated carbocycles. The fourth-order valence-corrected chi connectivity index (χ4v) is 7.02. The first-order chi connectivity index (χ1) is 21.7. The molecule has 2 fully saturated rings. The highest BCUT2D eigenvalue weighted by Crippen LogP contribution is 2.38. The Morgan fingerprint density at radius 1 is 1.13 bits per heavy atom. The van der Waals surface area contributed by atoms with E-state index in [2.05, 4.69) is 15.2 Å². The molecule has 0 bridgehead atoms.